The summed E-state index contributed by atoms with van der Waals surface area (Å²) in [4.78, 5) is 45.6. The molecular weight excluding hydrogens is 466 g/mol. The maximum Gasteiger partial charge on any atom is 0.409 e. The van der Waals surface area contributed by atoms with E-state index in [1.165, 1.54) is 16.0 Å². The summed E-state index contributed by atoms with van der Waals surface area (Å²) in [7, 11) is 0. The van der Waals surface area contributed by atoms with Gasteiger partial charge in [-0.15, -0.1) is 11.3 Å². The molecule has 174 valence electrons. The molecule has 0 atom stereocenters. The van der Waals surface area contributed by atoms with Gasteiger partial charge < -0.3 is 14.5 Å². The van der Waals surface area contributed by atoms with Crippen LogP contribution in [0.2, 0.25) is 5.02 Å². The summed E-state index contributed by atoms with van der Waals surface area (Å²) >= 11 is 7.29. The standard InChI is InChI=1S/C22H24ClN5O4S/c1-3-32-22(31)27-10-8-26(9-11-27)19(29)12-17-14(2)25-28(20(17)30)21-24-18(13-33-21)15-4-6-16(23)7-5-15/h4-7,13,25H,3,8-12H2,1-2H3. The number of aromatic nitrogens is 3. The zero-order valence-electron chi connectivity index (χ0n) is 18.3. The number of carbonyl (C=O) groups is 2. The third kappa shape index (κ3) is 4.96. The molecule has 3 heterocycles. The molecule has 9 nitrogen and oxygen atoms in total. The minimum atomic E-state index is -0.365. The van der Waals surface area contributed by atoms with Gasteiger partial charge in [0, 0.05) is 53.4 Å². The van der Waals surface area contributed by atoms with Gasteiger partial charge in [0.25, 0.3) is 5.56 Å². The van der Waals surface area contributed by atoms with E-state index in [0.717, 1.165) is 11.3 Å². The number of aromatic amines is 1. The molecule has 1 saturated heterocycles. The smallest absolute Gasteiger partial charge is 0.409 e. The number of nitrogens with one attached hydrogen (secondary N) is 1. The quantitative estimate of drug-likeness (QED) is 0.593. The third-order valence-corrected chi connectivity index (χ3v) is 6.58. The number of ether oxygens (including phenoxy) is 1. The Morgan fingerprint density at radius 2 is 1.82 bits per heavy atom. The molecule has 11 heteroatoms. The molecule has 1 fully saturated rings. The normalized spacial score (nSPS) is 13.9. The second-order valence-corrected chi connectivity index (χ2v) is 8.89. The highest BCUT2D eigenvalue weighted by molar-refractivity contribution is 7.12. The summed E-state index contributed by atoms with van der Waals surface area (Å²) in [5, 5.41) is 6.04. The zero-order valence-corrected chi connectivity index (χ0v) is 19.9. The first-order valence-corrected chi connectivity index (χ1v) is 11.8. The lowest BCUT2D eigenvalue weighted by atomic mass is 10.1. The second-order valence-electron chi connectivity index (χ2n) is 7.62. The lowest BCUT2D eigenvalue weighted by Crippen LogP contribution is -2.51. The highest BCUT2D eigenvalue weighted by atomic mass is 35.5. The number of rotatable bonds is 5. The summed E-state index contributed by atoms with van der Waals surface area (Å²) in [6.45, 7) is 5.48. The predicted molar refractivity (Wildman–Crippen MR) is 126 cm³/mol. The van der Waals surface area contributed by atoms with Crippen molar-refractivity contribution in [2.75, 3.05) is 32.8 Å². The van der Waals surface area contributed by atoms with E-state index in [0.29, 0.717) is 54.2 Å². The molecule has 0 spiro atoms. The molecular formula is C22H24ClN5O4S. The minimum absolute atomic E-state index is 0.0109. The predicted octanol–water partition coefficient (Wildman–Crippen LogP) is 3.09. The van der Waals surface area contributed by atoms with Gasteiger partial charge in [-0.05, 0) is 26.0 Å². The number of hydrogen-bond acceptors (Lipinski definition) is 6. The van der Waals surface area contributed by atoms with Gasteiger partial charge in [-0.3, -0.25) is 14.7 Å². The average Bonchev–Trinajstić information content (AvgIpc) is 3.40. The van der Waals surface area contributed by atoms with Crippen molar-refractivity contribution in [1.29, 1.82) is 0 Å². The number of benzene rings is 1. The van der Waals surface area contributed by atoms with Crippen LogP contribution in [0.5, 0.6) is 0 Å². The Morgan fingerprint density at radius 3 is 2.48 bits per heavy atom. The van der Waals surface area contributed by atoms with Gasteiger partial charge in [0.1, 0.15) is 0 Å². The Labute approximate surface area is 199 Å². The summed E-state index contributed by atoms with van der Waals surface area (Å²) in [5.41, 5.74) is 2.39. The molecule has 0 bridgehead atoms. The molecule has 0 radical (unpaired) electrons. The highest BCUT2D eigenvalue weighted by Crippen LogP contribution is 2.25. The maximum absolute atomic E-state index is 13.1. The van der Waals surface area contributed by atoms with Crippen LogP contribution in [-0.4, -0.2) is 69.4 Å². The molecule has 1 N–H and O–H groups in total. The Kier molecular flexibility index (Phi) is 6.85. The van der Waals surface area contributed by atoms with Crippen LogP contribution in [0.15, 0.2) is 34.4 Å². The number of aryl methyl sites for hydroxylation is 1. The molecule has 1 aromatic carbocycles. The third-order valence-electron chi connectivity index (χ3n) is 5.50. The van der Waals surface area contributed by atoms with Crippen LogP contribution in [0.3, 0.4) is 0 Å². The number of H-pyrrole nitrogens is 1. The molecule has 0 aliphatic carbocycles. The van der Waals surface area contributed by atoms with Gasteiger partial charge in [-0.2, -0.15) is 4.68 Å². The first kappa shape index (κ1) is 23.1. The summed E-state index contributed by atoms with van der Waals surface area (Å²) in [6.07, 6.45) is -0.376. The fourth-order valence-electron chi connectivity index (χ4n) is 3.66. The number of amides is 2. The Morgan fingerprint density at radius 1 is 1.15 bits per heavy atom. The SMILES string of the molecule is CCOC(=O)N1CCN(C(=O)Cc2c(C)[nH]n(-c3nc(-c4ccc(Cl)cc4)cs3)c2=O)CC1. The van der Waals surface area contributed by atoms with E-state index >= 15 is 0 Å². The zero-order chi connectivity index (χ0) is 23.5. The molecule has 4 rings (SSSR count). The van der Waals surface area contributed by atoms with Gasteiger partial charge in [0.2, 0.25) is 11.0 Å². The van der Waals surface area contributed by atoms with Crippen molar-refractivity contribution in [1.82, 2.24) is 24.6 Å². The summed E-state index contributed by atoms with van der Waals surface area (Å²) in [5.74, 6) is -0.147. The van der Waals surface area contributed by atoms with Crippen molar-refractivity contribution in [3.05, 3.63) is 56.3 Å². The molecule has 33 heavy (non-hydrogen) atoms. The molecule has 0 saturated carbocycles. The summed E-state index contributed by atoms with van der Waals surface area (Å²) in [6, 6.07) is 7.32. The van der Waals surface area contributed by atoms with Crippen LogP contribution in [-0.2, 0) is 16.0 Å². The fourth-order valence-corrected chi connectivity index (χ4v) is 4.58. The van der Waals surface area contributed by atoms with Crippen molar-refractivity contribution in [2.45, 2.75) is 20.3 Å². The van der Waals surface area contributed by atoms with Crippen molar-refractivity contribution < 1.29 is 14.3 Å². The number of carbonyl (C=O) groups excluding carboxylic acids is 2. The number of nitrogens with zero attached hydrogens (tertiary/aromatic N) is 4. The highest BCUT2D eigenvalue weighted by Gasteiger charge is 2.26. The van der Waals surface area contributed by atoms with E-state index in [4.69, 9.17) is 16.3 Å². The van der Waals surface area contributed by atoms with Crippen molar-refractivity contribution in [3.8, 4) is 16.4 Å². The van der Waals surface area contributed by atoms with Crippen LogP contribution >= 0.6 is 22.9 Å². The van der Waals surface area contributed by atoms with Gasteiger partial charge in [-0.25, -0.2) is 9.78 Å². The van der Waals surface area contributed by atoms with Crippen LogP contribution in [0.4, 0.5) is 4.79 Å². The number of thiazole rings is 1. The van der Waals surface area contributed by atoms with Crippen LogP contribution in [0, 0.1) is 6.92 Å². The van der Waals surface area contributed by atoms with E-state index in [2.05, 4.69) is 10.1 Å². The van der Waals surface area contributed by atoms with Crippen LogP contribution in [0.25, 0.3) is 16.4 Å². The number of hydrogen-bond donors (Lipinski definition) is 1. The van der Waals surface area contributed by atoms with E-state index in [9.17, 15) is 14.4 Å². The Balaban J connectivity index is 1.45. The maximum atomic E-state index is 13.1. The van der Waals surface area contributed by atoms with Crippen LogP contribution < -0.4 is 5.56 Å². The first-order valence-electron chi connectivity index (χ1n) is 10.6. The molecule has 0 unspecified atom stereocenters. The average molecular weight is 490 g/mol. The first-order chi connectivity index (χ1) is 15.9. The van der Waals surface area contributed by atoms with E-state index in [1.54, 1.807) is 35.8 Å². The van der Waals surface area contributed by atoms with Gasteiger partial charge in [0.05, 0.1) is 18.7 Å². The van der Waals surface area contributed by atoms with E-state index < -0.39 is 0 Å². The van der Waals surface area contributed by atoms with Gasteiger partial charge in [-0.1, -0.05) is 23.7 Å². The van der Waals surface area contributed by atoms with Gasteiger partial charge >= 0.3 is 6.09 Å². The Hall–Kier alpha value is -3.11. The van der Waals surface area contributed by atoms with Crippen molar-refractivity contribution >= 4 is 34.9 Å². The minimum Gasteiger partial charge on any atom is -0.450 e. The molecule has 1 aliphatic heterocycles. The van der Waals surface area contributed by atoms with E-state index in [-0.39, 0.29) is 24.0 Å². The monoisotopic (exact) mass is 489 g/mol. The lowest BCUT2D eigenvalue weighted by Gasteiger charge is -2.34. The van der Waals surface area contributed by atoms with Crippen molar-refractivity contribution in [2.24, 2.45) is 0 Å². The number of halogens is 1. The second kappa shape index (κ2) is 9.80. The largest absolute Gasteiger partial charge is 0.450 e. The molecule has 1 aliphatic rings. The fraction of sp³-hybridized carbons (Fsp3) is 0.364. The van der Waals surface area contributed by atoms with Crippen molar-refractivity contribution in [3.63, 3.8) is 0 Å². The molecule has 3 aromatic rings. The lowest BCUT2D eigenvalue weighted by molar-refractivity contribution is -0.132. The Bertz CT molecular complexity index is 1210. The topological polar surface area (TPSA) is 101 Å². The van der Waals surface area contributed by atoms with Crippen LogP contribution in [0.1, 0.15) is 18.2 Å². The van der Waals surface area contributed by atoms with Gasteiger partial charge in [0.15, 0.2) is 0 Å². The molecule has 2 amide bonds. The summed E-state index contributed by atoms with van der Waals surface area (Å²) < 4.78 is 6.38. The molecule has 2 aromatic heterocycles. The number of piperazine rings is 1. The van der Waals surface area contributed by atoms with E-state index in [1.807, 2.05) is 17.5 Å².